The summed E-state index contributed by atoms with van der Waals surface area (Å²) in [5.74, 6) is 0.897. The van der Waals surface area contributed by atoms with E-state index in [-0.39, 0.29) is 24.0 Å². The minimum absolute atomic E-state index is 0. The Kier molecular flexibility index (Phi) is 12.9. The van der Waals surface area contributed by atoms with Crippen LogP contribution in [0.2, 0.25) is 0 Å². The third kappa shape index (κ3) is 9.61. The minimum atomic E-state index is 0. The Bertz CT molecular complexity index is 420. The second kappa shape index (κ2) is 13.1. The zero-order valence-electron chi connectivity index (χ0n) is 14.3. The lowest BCUT2D eigenvalue weighted by molar-refractivity contribution is 0.537. The van der Waals surface area contributed by atoms with E-state index >= 15 is 0 Å². The maximum atomic E-state index is 4.62. The van der Waals surface area contributed by atoms with Gasteiger partial charge in [0.05, 0.1) is 6.54 Å². The fraction of sp³-hybridized carbons (Fsp3) is 0.750. The monoisotopic (exact) mass is 438 g/mol. The SMILES string of the molecule is CCCCCCC(C)NC(=NCc1ncc(C)s1)NCC.I. The number of rotatable bonds is 9. The molecule has 0 aliphatic carbocycles. The van der Waals surface area contributed by atoms with Crippen LogP contribution in [-0.2, 0) is 6.54 Å². The topological polar surface area (TPSA) is 49.3 Å². The molecule has 1 heterocycles. The maximum absolute atomic E-state index is 4.62. The van der Waals surface area contributed by atoms with Gasteiger partial charge in [-0.2, -0.15) is 0 Å². The zero-order chi connectivity index (χ0) is 15.5. The molecule has 0 radical (unpaired) electrons. The maximum Gasteiger partial charge on any atom is 0.191 e. The largest absolute Gasteiger partial charge is 0.357 e. The van der Waals surface area contributed by atoms with Gasteiger partial charge in [-0.25, -0.2) is 9.98 Å². The molecule has 4 nitrogen and oxygen atoms in total. The first-order valence-corrected chi connectivity index (χ1v) is 8.93. The van der Waals surface area contributed by atoms with Crippen LogP contribution in [0.25, 0.3) is 0 Å². The van der Waals surface area contributed by atoms with Gasteiger partial charge < -0.3 is 10.6 Å². The molecule has 0 aromatic carbocycles. The van der Waals surface area contributed by atoms with Crippen molar-refractivity contribution in [3.63, 3.8) is 0 Å². The van der Waals surface area contributed by atoms with Crippen molar-refractivity contribution in [2.24, 2.45) is 4.99 Å². The number of aromatic nitrogens is 1. The van der Waals surface area contributed by atoms with Crippen molar-refractivity contribution < 1.29 is 0 Å². The Morgan fingerprint density at radius 1 is 1.32 bits per heavy atom. The molecule has 1 aromatic rings. The van der Waals surface area contributed by atoms with Crippen LogP contribution in [0.1, 0.15) is 62.8 Å². The summed E-state index contributed by atoms with van der Waals surface area (Å²) in [5.41, 5.74) is 0. The third-order valence-corrected chi connectivity index (χ3v) is 4.16. The number of thiazole rings is 1. The summed E-state index contributed by atoms with van der Waals surface area (Å²) in [4.78, 5) is 10.2. The fourth-order valence-electron chi connectivity index (χ4n) is 2.12. The van der Waals surface area contributed by atoms with Crippen molar-refractivity contribution >= 4 is 41.3 Å². The van der Waals surface area contributed by atoms with Gasteiger partial charge in [-0.3, -0.25) is 0 Å². The molecule has 1 rings (SSSR count). The molecule has 0 fully saturated rings. The number of nitrogens with one attached hydrogen (secondary N) is 2. The highest BCUT2D eigenvalue weighted by Gasteiger charge is 2.05. The quantitative estimate of drug-likeness (QED) is 0.259. The summed E-state index contributed by atoms with van der Waals surface area (Å²) >= 11 is 1.71. The van der Waals surface area contributed by atoms with Crippen LogP contribution in [0, 0.1) is 6.92 Å². The molecule has 2 N–H and O–H groups in total. The summed E-state index contributed by atoms with van der Waals surface area (Å²) in [7, 11) is 0. The molecular formula is C16H31IN4S. The van der Waals surface area contributed by atoms with Crippen molar-refractivity contribution in [2.45, 2.75) is 72.4 Å². The van der Waals surface area contributed by atoms with Crippen molar-refractivity contribution in [1.82, 2.24) is 15.6 Å². The van der Waals surface area contributed by atoms with Gasteiger partial charge in [-0.15, -0.1) is 35.3 Å². The standard InChI is InChI=1S/C16H30N4S.HI/c1-5-7-8-9-10-13(3)20-16(17-6-2)19-12-15-18-11-14(4)21-15;/h11,13H,5-10,12H2,1-4H3,(H2,17,19,20);1H. The van der Waals surface area contributed by atoms with E-state index in [9.17, 15) is 0 Å². The molecule has 6 heteroatoms. The predicted octanol–water partition coefficient (Wildman–Crippen LogP) is 4.48. The summed E-state index contributed by atoms with van der Waals surface area (Å²) < 4.78 is 0. The molecule has 0 aliphatic rings. The molecule has 1 aromatic heterocycles. The Hall–Kier alpha value is -0.370. The zero-order valence-corrected chi connectivity index (χ0v) is 17.5. The molecule has 1 atom stereocenters. The molecular weight excluding hydrogens is 407 g/mol. The summed E-state index contributed by atoms with van der Waals surface area (Å²) in [6.07, 6.45) is 8.35. The Morgan fingerprint density at radius 3 is 2.68 bits per heavy atom. The summed E-state index contributed by atoms with van der Waals surface area (Å²) in [6.45, 7) is 10.2. The molecule has 0 bridgehead atoms. The highest BCUT2D eigenvalue weighted by molar-refractivity contribution is 14.0. The van der Waals surface area contributed by atoms with Gasteiger partial charge >= 0.3 is 0 Å². The second-order valence-corrected chi connectivity index (χ2v) is 6.77. The van der Waals surface area contributed by atoms with Crippen LogP contribution in [-0.4, -0.2) is 23.5 Å². The highest BCUT2D eigenvalue weighted by Crippen LogP contribution is 2.12. The number of nitrogens with zero attached hydrogens (tertiary/aromatic N) is 2. The summed E-state index contributed by atoms with van der Waals surface area (Å²) in [5, 5.41) is 7.87. The number of unbranched alkanes of at least 4 members (excludes halogenated alkanes) is 3. The molecule has 128 valence electrons. The van der Waals surface area contributed by atoms with Crippen LogP contribution in [0.3, 0.4) is 0 Å². The van der Waals surface area contributed by atoms with Gasteiger partial charge in [0.2, 0.25) is 0 Å². The Balaban J connectivity index is 0.00000441. The number of hydrogen-bond donors (Lipinski definition) is 2. The van der Waals surface area contributed by atoms with Crippen molar-refractivity contribution in [3.8, 4) is 0 Å². The van der Waals surface area contributed by atoms with E-state index in [1.165, 1.54) is 37.0 Å². The second-order valence-electron chi connectivity index (χ2n) is 5.45. The highest BCUT2D eigenvalue weighted by atomic mass is 127. The van der Waals surface area contributed by atoms with E-state index in [0.717, 1.165) is 17.5 Å². The summed E-state index contributed by atoms with van der Waals surface area (Å²) in [6, 6.07) is 0.456. The van der Waals surface area contributed by atoms with Crippen LogP contribution in [0.5, 0.6) is 0 Å². The van der Waals surface area contributed by atoms with Crippen molar-refractivity contribution in [2.75, 3.05) is 6.54 Å². The van der Waals surface area contributed by atoms with Crippen molar-refractivity contribution in [1.29, 1.82) is 0 Å². The van der Waals surface area contributed by atoms with Gasteiger partial charge in [0.25, 0.3) is 0 Å². The van der Waals surface area contributed by atoms with E-state index in [2.05, 4.69) is 48.3 Å². The lowest BCUT2D eigenvalue weighted by Crippen LogP contribution is -2.42. The molecule has 0 amide bonds. The number of halogens is 1. The molecule has 0 spiro atoms. The molecule has 0 saturated carbocycles. The fourth-order valence-corrected chi connectivity index (χ4v) is 2.84. The normalized spacial score (nSPS) is 12.6. The first-order chi connectivity index (χ1) is 10.2. The lowest BCUT2D eigenvalue weighted by atomic mass is 10.1. The number of guanidine groups is 1. The third-order valence-electron chi connectivity index (χ3n) is 3.26. The minimum Gasteiger partial charge on any atom is -0.357 e. The average Bonchev–Trinajstić information content (AvgIpc) is 2.87. The van der Waals surface area contributed by atoms with Gasteiger partial charge in [0.15, 0.2) is 5.96 Å². The van der Waals surface area contributed by atoms with E-state index in [0.29, 0.717) is 12.6 Å². The smallest absolute Gasteiger partial charge is 0.191 e. The number of aliphatic imine (C=N–C) groups is 1. The van der Waals surface area contributed by atoms with E-state index in [4.69, 9.17) is 0 Å². The van der Waals surface area contributed by atoms with Gasteiger partial charge in [-0.05, 0) is 27.2 Å². The van der Waals surface area contributed by atoms with E-state index in [1.54, 1.807) is 11.3 Å². The van der Waals surface area contributed by atoms with Crippen molar-refractivity contribution in [3.05, 3.63) is 16.1 Å². The Labute approximate surface area is 156 Å². The van der Waals surface area contributed by atoms with Gasteiger partial charge in [0.1, 0.15) is 5.01 Å². The Morgan fingerprint density at radius 2 is 2.09 bits per heavy atom. The average molecular weight is 438 g/mol. The first kappa shape index (κ1) is 21.6. The van der Waals surface area contributed by atoms with Crippen LogP contribution in [0.4, 0.5) is 0 Å². The first-order valence-electron chi connectivity index (χ1n) is 8.11. The molecule has 0 saturated heterocycles. The van der Waals surface area contributed by atoms with E-state index < -0.39 is 0 Å². The molecule has 1 unspecified atom stereocenters. The number of aryl methyl sites for hydroxylation is 1. The lowest BCUT2D eigenvalue weighted by Gasteiger charge is -2.17. The van der Waals surface area contributed by atoms with E-state index in [1.807, 2.05) is 6.20 Å². The van der Waals surface area contributed by atoms with Crippen LogP contribution < -0.4 is 10.6 Å². The van der Waals surface area contributed by atoms with Crippen LogP contribution in [0.15, 0.2) is 11.2 Å². The molecule has 0 aliphatic heterocycles. The van der Waals surface area contributed by atoms with Gasteiger partial charge in [0, 0.05) is 23.7 Å². The number of hydrogen-bond acceptors (Lipinski definition) is 3. The van der Waals surface area contributed by atoms with Gasteiger partial charge in [-0.1, -0.05) is 32.6 Å². The van der Waals surface area contributed by atoms with Crippen LogP contribution >= 0.6 is 35.3 Å². The molecule has 22 heavy (non-hydrogen) atoms. The predicted molar refractivity (Wildman–Crippen MR) is 108 cm³/mol.